The highest BCUT2D eigenvalue weighted by Gasteiger charge is 2.05. The smallest absolute Gasteiger partial charge is 0.248 e. The number of nitrogens with two attached hydrogens (primary N) is 1. The van der Waals surface area contributed by atoms with E-state index in [2.05, 4.69) is 35.1 Å². The van der Waals surface area contributed by atoms with E-state index in [0.717, 1.165) is 16.8 Å². The maximum Gasteiger partial charge on any atom is 0.248 e. The highest BCUT2D eigenvalue weighted by atomic mass is 16.1. The normalized spacial score (nSPS) is 10.8. The Kier molecular flexibility index (Phi) is 2.99. The first kappa shape index (κ1) is 12.4. The van der Waals surface area contributed by atoms with E-state index in [1.54, 1.807) is 18.3 Å². The summed E-state index contributed by atoms with van der Waals surface area (Å²) in [6.45, 7) is 2.08. The fourth-order valence-corrected chi connectivity index (χ4v) is 2.35. The monoisotopic (exact) mass is 265 g/mol. The third-order valence-corrected chi connectivity index (χ3v) is 3.44. The van der Waals surface area contributed by atoms with Crippen molar-refractivity contribution in [2.75, 3.05) is 0 Å². The van der Waals surface area contributed by atoms with Crippen LogP contribution in [0.5, 0.6) is 0 Å². The third kappa shape index (κ3) is 2.28. The second kappa shape index (κ2) is 4.81. The Balaban J connectivity index is 1.94. The number of nitrogens with one attached hydrogen (secondary N) is 1. The van der Waals surface area contributed by atoms with E-state index >= 15 is 0 Å². The van der Waals surface area contributed by atoms with Gasteiger partial charge in [0, 0.05) is 41.0 Å². The number of aromatic nitrogens is 2. The van der Waals surface area contributed by atoms with Crippen molar-refractivity contribution in [3.05, 3.63) is 65.1 Å². The summed E-state index contributed by atoms with van der Waals surface area (Å²) in [6, 6.07) is 9.66. The van der Waals surface area contributed by atoms with Crippen LogP contribution in [0.3, 0.4) is 0 Å². The Morgan fingerprint density at radius 3 is 2.95 bits per heavy atom. The summed E-state index contributed by atoms with van der Waals surface area (Å²) >= 11 is 0. The summed E-state index contributed by atoms with van der Waals surface area (Å²) < 4.78 is 0. The summed E-state index contributed by atoms with van der Waals surface area (Å²) in [6.07, 6.45) is 4.30. The zero-order valence-corrected chi connectivity index (χ0v) is 11.2. The van der Waals surface area contributed by atoms with Crippen molar-refractivity contribution in [2.45, 2.75) is 13.3 Å². The molecule has 1 amide bonds. The molecule has 0 aliphatic heterocycles. The quantitative estimate of drug-likeness (QED) is 0.764. The SMILES string of the molecule is Cc1c[nH]c2ccc(Cc3cc(C(N)=O)ccn3)cc12. The van der Waals surface area contributed by atoms with Gasteiger partial charge in [0.1, 0.15) is 0 Å². The van der Waals surface area contributed by atoms with Crippen molar-refractivity contribution in [1.82, 2.24) is 9.97 Å². The Bertz CT molecular complexity index is 789. The molecule has 0 radical (unpaired) electrons. The Morgan fingerprint density at radius 2 is 2.15 bits per heavy atom. The first-order valence-electron chi connectivity index (χ1n) is 6.45. The lowest BCUT2D eigenvalue weighted by molar-refractivity contribution is 0.1000. The van der Waals surface area contributed by atoms with Crippen LogP contribution in [0, 0.1) is 6.92 Å². The van der Waals surface area contributed by atoms with Gasteiger partial charge >= 0.3 is 0 Å². The molecule has 2 heterocycles. The van der Waals surface area contributed by atoms with Gasteiger partial charge in [0.2, 0.25) is 5.91 Å². The molecule has 0 spiro atoms. The van der Waals surface area contributed by atoms with E-state index < -0.39 is 5.91 Å². The Hall–Kier alpha value is -2.62. The summed E-state index contributed by atoms with van der Waals surface area (Å²) in [4.78, 5) is 18.7. The van der Waals surface area contributed by atoms with Gasteiger partial charge in [-0.1, -0.05) is 6.07 Å². The second-order valence-electron chi connectivity index (χ2n) is 4.93. The number of benzene rings is 1. The Labute approximate surface area is 116 Å². The van der Waals surface area contributed by atoms with Gasteiger partial charge in [0.25, 0.3) is 0 Å². The van der Waals surface area contributed by atoms with Crippen LogP contribution in [0.25, 0.3) is 10.9 Å². The van der Waals surface area contributed by atoms with Gasteiger partial charge in [-0.05, 0) is 42.3 Å². The lowest BCUT2D eigenvalue weighted by Gasteiger charge is -2.04. The first-order valence-corrected chi connectivity index (χ1v) is 6.45. The average Bonchev–Trinajstić information content (AvgIpc) is 2.81. The number of fused-ring (bicyclic) bond motifs is 1. The lowest BCUT2D eigenvalue weighted by Crippen LogP contribution is -2.11. The number of aromatic amines is 1. The number of pyridine rings is 1. The van der Waals surface area contributed by atoms with Crippen molar-refractivity contribution in [3.63, 3.8) is 0 Å². The molecule has 0 saturated carbocycles. The molecular formula is C16H15N3O. The molecule has 3 N–H and O–H groups in total. The summed E-state index contributed by atoms with van der Waals surface area (Å²) in [7, 11) is 0. The number of amides is 1. The van der Waals surface area contributed by atoms with Gasteiger partial charge in [-0.3, -0.25) is 9.78 Å². The molecule has 0 bridgehead atoms. The number of H-pyrrole nitrogens is 1. The standard InChI is InChI=1S/C16H15N3O/c1-10-9-19-15-3-2-11(7-14(10)15)6-13-8-12(16(17)20)4-5-18-13/h2-5,7-9,19H,6H2,1H3,(H2,17,20). The molecule has 0 fully saturated rings. The van der Waals surface area contributed by atoms with Gasteiger partial charge in [-0.2, -0.15) is 0 Å². The lowest BCUT2D eigenvalue weighted by atomic mass is 10.0. The predicted molar refractivity (Wildman–Crippen MR) is 78.6 cm³/mol. The first-order chi connectivity index (χ1) is 9.63. The molecule has 4 nitrogen and oxygen atoms in total. The summed E-state index contributed by atoms with van der Waals surface area (Å²) in [5.41, 5.74) is 10.1. The molecule has 0 unspecified atom stereocenters. The van der Waals surface area contributed by atoms with Gasteiger partial charge in [0.15, 0.2) is 0 Å². The topological polar surface area (TPSA) is 71.8 Å². The molecule has 20 heavy (non-hydrogen) atoms. The number of carbonyl (C=O) groups is 1. The zero-order valence-electron chi connectivity index (χ0n) is 11.2. The predicted octanol–water partition coefficient (Wildman–Crippen LogP) is 2.56. The molecule has 0 aliphatic carbocycles. The zero-order chi connectivity index (χ0) is 14.1. The van der Waals surface area contributed by atoms with Gasteiger partial charge in [-0.15, -0.1) is 0 Å². The molecule has 1 aromatic carbocycles. The minimum atomic E-state index is -0.425. The minimum absolute atomic E-state index is 0.425. The van der Waals surface area contributed by atoms with Crippen molar-refractivity contribution >= 4 is 16.8 Å². The van der Waals surface area contributed by atoms with E-state index in [9.17, 15) is 4.79 Å². The van der Waals surface area contributed by atoms with Gasteiger partial charge in [0.05, 0.1) is 0 Å². The maximum absolute atomic E-state index is 11.2. The van der Waals surface area contributed by atoms with Crippen LogP contribution in [-0.4, -0.2) is 15.9 Å². The molecule has 4 heteroatoms. The van der Waals surface area contributed by atoms with Gasteiger partial charge < -0.3 is 10.7 Å². The number of rotatable bonds is 3. The third-order valence-electron chi connectivity index (χ3n) is 3.44. The number of hydrogen-bond donors (Lipinski definition) is 2. The number of primary amides is 1. The van der Waals surface area contributed by atoms with Crippen molar-refractivity contribution in [1.29, 1.82) is 0 Å². The van der Waals surface area contributed by atoms with E-state index in [4.69, 9.17) is 5.73 Å². The molecule has 0 saturated heterocycles. The number of nitrogens with zero attached hydrogens (tertiary/aromatic N) is 1. The fraction of sp³-hybridized carbons (Fsp3) is 0.125. The van der Waals surface area contributed by atoms with E-state index in [-0.39, 0.29) is 0 Å². The van der Waals surface area contributed by atoms with Crippen LogP contribution >= 0.6 is 0 Å². The maximum atomic E-state index is 11.2. The van der Waals surface area contributed by atoms with Crippen LogP contribution in [0.4, 0.5) is 0 Å². The van der Waals surface area contributed by atoms with Crippen LogP contribution in [0.15, 0.2) is 42.7 Å². The fourth-order valence-electron chi connectivity index (χ4n) is 2.35. The molecule has 0 aliphatic rings. The van der Waals surface area contributed by atoms with Crippen LogP contribution < -0.4 is 5.73 Å². The molecular weight excluding hydrogens is 250 g/mol. The molecule has 0 atom stereocenters. The minimum Gasteiger partial charge on any atom is -0.366 e. The van der Waals surface area contributed by atoms with Gasteiger partial charge in [-0.25, -0.2) is 0 Å². The number of carbonyl (C=O) groups excluding carboxylic acids is 1. The molecule has 3 rings (SSSR count). The van der Waals surface area contributed by atoms with Crippen molar-refractivity contribution < 1.29 is 4.79 Å². The average molecular weight is 265 g/mol. The van der Waals surface area contributed by atoms with Crippen LogP contribution in [0.1, 0.15) is 27.2 Å². The summed E-state index contributed by atoms with van der Waals surface area (Å²) in [5, 5.41) is 1.22. The number of hydrogen-bond acceptors (Lipinski definition) is 2. The van der Waals surface area contributed by atoms with E-state index in [0.29, 0.717) is 12.0 Å². The van der Waals surface area contributed by atoms with E-state index in [1.165, 1.54) is 10.9 Å². The largest absolute Gasteiger partial charge is 0.366 e. The highest BCUT2D eigenvalue weighted by Crippen LogP contribution is 2.20. The van der Waals surface area contributed by atoms with Crippen LogP contribution in [0.2, 0.25) is 0 Å². The van der Waals surface area contributed by atoms with E-state index in [1.807, 2.05) is 6.20 Å². The number of aryl methyl sites for hydroxylation is 1. The molecule has 3 aromatic rings. The van der Waals surface area contributed by atoms with Crippen LogP contribution in [-0.2, 0) is 6.42 Å². The summed E-state index contributed by atoms with van der Waals surface area (Å²) in [5.74, 6) is -0.425. The second-order valence-corrected chi connectivity index (χ2v) is 4.93. The highest BCUT2D eigenvalue weighted by molar-refractivity contribution is 5.92. The molecule has 100 valence electrons. The Morgan fingerprint density at radius 1 is 1.30 bits per heavy atom. The molecule has 2 aromatic heterocycles. The van der Waals surface area contributed by atoms with Crippen molar-refractivity contribution in [3.8, 4) is 0 Å². The van der Waals surface area contributed by atoms with Crippen molar-refractivity contribution in [2.24, 2.45) is 5.73 Å².